The van der Waals surface area contributed by atoms with Crippen molar-refractivity contribution in [3.8, 4) is 5.75 Å². The van der Waals surface area contributed by atoms with Gasteiger partial charge in [0.25, 0.3) is 0 Å². The van der Waals surface area contributed by atoms with Crippen molar-refractivity contribution in [3.05, 3.63) is 65.7 Å². The molecule has 28 heavy (non-hydrogen) atoms. The van der Waals surface area contributed by atoms with E-state index in [1.165, 1.54) is 11.8 Å². The Hall–Kier alpha value is -2.63. The van der Waals surface area contributed by atoms with Crippen LogP contribution in [0.1, 0.15) is 6.92 Å². The Morgan fingerprint density at radius 3 is 2.61 bits per heavy atom. The normalized spacial score (nSPS) is 12.2. The summed E-state index contributed by atoms with van der Waals surface area (Å²) in [6, 6.07) is 19.0. The van der Waals surface area contributed by atoms with Crippen molar-refractivity contribution in [1.29, 1.82) is 0 Å². The van der Waals surface area contributed by atoms with Crippen LogP contribution in [0.25, 0.3) is 21.9 Å². The third-order valence-corrected chi connectivity index (χ3v) is 6.09. The van der Waals surface area contributed by atoms with Gasteiger partial charge in [0, 0.05) is 21.7 Å². The molecule has 1 amide bonds. The number of halogens is 1. The summed E-state index contributed by atoms with van der Waals surface area (Å²) in [6.45, 7) is 1.84. The molecule has 0 saturated heterocycles. The number of anilines is 1. The molecule has 4 rings (SSSR count). The number of carbonyl (C=O) groups is 1. The molecular formula is C22H18ClNO3S. The lowest BCUT2D eigenvalue weighted by Gasteiger charge is -2.15. The standard InChI is InChI=1S/C22H18ClNO3S/c1-13(28-21-10-6-4-8-16(21)23)22(25)24-17-12-19-15(11-20(17)26-2)14-7-3-5-9-18(14)27-19/h3-13H,1-2H3,(H,24,25)/t13-/m0/s1. The second kappa shape index (κ2) is 7.78. The zero-order valence-corrected chi connectivity index (χ0v) is 16.9. The Balaban J connectivity index is 1.62. The Morgan fingerprint density at radius 1 is 1.07 bits per heavy atom. The number of nitrogens with one attached hydrogen (secondary N) is 1. The van der Waals surface area contributed by atoms with Gasteiger partial charge in [-0.2, -0.15) is 0 Å². The number of methoxy groups -OCH3 is 1. The van der Waals surface area contributed by atoms with Crippen LogP contribution in [0.15, 0.2) is 70.0 Å². The van der Waals surface area contributed by atoms with Crippen molar-refractivity contribution in [2.45, 2.75) is 17.1 Å². The summed E-state index contributed by atoms with van der Waals surface area (Å²) in [5.41, 5.74) is 2.07. The van der Waals surface area contributed by atoms with Crippen LogP contribution in [-0.4, -0.2) is 18.3 Å². The fourth-order valence-corrected chi connectivity index (χ4v) is 4.19. The number of hydrogen-bond donors (Lipinski definition) is 1. The second-order valence-electron chi connectivity index (χ2n) is 6.33. The number of carbonyl (C=O) groups excluding carboxylic acids is 1. The van der Waals surface area contributed by atoms with Gasteiger partial charge in [-0.3, -0.25) is 4.79 Å². The lowest BCUT2D eigenvalue weighted by Crippen LogP contribution is -2.22. The summed E-state index contributed by atoms with van der Waals surface area (Å²) in [4.78, 5) is 13.6. The number of hydrogen-bond acceptors (Lipinski definition) is 4. The molecule has 0 bridgehead atoms. The van der Waals surface area contributed by atoms with Crippen LogP contribution in [0, 0.1) is 0 Å². The van der Waals surface area contributed by atoms with E-state index in [4.69, 9.17) is 20.8 Å². The first-order valence-corrected chi connectivity index (χ1v) is 10.0. The largest absolute Gasteiger partial charge is 0.495 e. The fraction of sp³-hybridized carbons (Fsp3) is 0.136. The van der Waals surface area contributed by atoms with E-state index >= 15 is 0 Å². The van der Waals surface area contributed by atoms with Crippen LogP contribution < -0.4 is 10.1 Å². The molecule has 0 fully saturated rings. The van der Waals surface area contributed by atoms with Crippen LogP contribution in [-0.2, 0) is 4.79 Å². The minimum Gasteiger partial charge on any atom is -0.495 e. The average molecular weight is 412 g/mol. The Kier molecular flexibility index (Phi) is 5.20. The van der Waals surface area contributed by atoms with Crippen molar-refractivity contribution in [1.82, 2.24) is 0 Å². The van der Waals surface area contributed by atoms with E-state index in [1.54, 1.807) is 13.2 Å². The number of rotatable bonds is 5. The van der Waals surface area contributed by atoms with Crippen LogP contribution in [0.2, 0.25) is 5.02 Å². The van der Waals surface area contributed by atoms with Crippen molar-refractivity contribution >= 4 is 56.9 Å². The smallest absolute Gasteiger partial charge is 0.237 e. The molecule has 142 valence electrons. The maximum atomic E-state index is 12.7. The molecule has 1 heterocycles. The zero-order valence-electron chi connectivity index (χ0n) is 15.4. The molecule has 4 nitrogen and oxygen atoms in total. The van der Waals surface area contributed by atoms with E-state index in [0.717, 1.165) is 21.3 Å². The first-order chi connectivity index (χ1) is 13.6. The number of ether oxygens (including phenoxy) is 1. The molecule has 0 spiro atoms. The predicted molar refractivity (Wildman–Crippen MR) is 116 cm³/mol. The number of amides is 1. The van der Waals surface area contributed by atoms with Crippen molar-refractivity contribution < 1.29 is 13.9 Å². The monoisotopic (exact) mass is 411 g/mol. The predicted octanol–water partition coefficient (Wildman–Crippen LogP) is 6.37. The highest BCUT2D eigenvalue weighted by atomic mass is 35.5. The van der Waals surface area contributed by atoms with Gasteiger partial charge in [0.1, 0.15) is 16.9 Å². The van der Waals surface area contributed by atoms with Gasteiger partial charge in [-0.25, -0.2) is 0 Å². The highest BCUT2D eigenvalue weighted by molar-refractivity contribution is 8.00. The van der Waals surface area contributed by atoms with Crippen molar-refractivity contribution in [2.75, 3.05) is 12.4 Å². The topological polar surface area (TPSA) is 51.5 Å². The lowest BCUT2D eigenvalue weighted by atomic mass is 10.1. The van der Waals surface area contributed by atoms with E-state index < -0.39 is 0 Å². The van der Waals surface area contributed by atoms with Gasteiger partial charge < -0.3 is 14.5 Å². The van der Waals surface area contributed by atoms with E-state index in [9.17, 15) is 4.79 Å². The third kappa shape index (κ3) is 3.55. The first kappa shape index (κ1) is 18.7. The second-order valence-corrected chi connectivity index (χ2v) is 8.12. The van der Waals surface area contributed by atoms with Crippen LogP contribution >= 0.6 is 23.4 Å². The summed E-state index contributed by atoms with van der Waals surface area (Å²) in [5.74, 6) is 0.445. The molecule has 6 heteroatoms. The Morgan fingerprint density at radius 2 is 1.82 bits per heavy atom. The summed E-state index contributed by atoms with van der Waals surface area (Å²) in [7, 11) is 1.58. The summed E-state index contributed by atoms with van der Waals surface area (Å²) in [6.07, 6.45) is 0. The average Bonchev–Trinajstić information content (AvgIpc) is 3.06. The van der Waals surface area contributed by atoms with Gasteiger partial charge in [0.05, 0.1) is 23.1 Å². The molecule has 1 aromatic heterocycles. The molecule has 4 aromatic rings. The van der Waals surface area contributed by atoms with Gasteiger partial charge in [0.2, 0.25) is 5.91 Å². The van der Waals surface area contributed by atoms with E-state index in [-0.39, 0.29) is 11.2 Å². The molecule has 0 aliphatic heterocycles. The van der Waals surface area contributed by atoms with E-state index in [1.807, 2.05) is 61.5 Å². The molecular weight excluding hydrogens is 394 g/mol. The van der Waals surface area contributed by atoms with E-state index in [2.05, 4.69) is 5.32 Å². The number of para-hydroxylation sites is 1. The molecule has 0 radical (unpaired) electrons. The highest BCUT2D eigenvalue weighted by Crippen LogP contribution is 2.37. The SMILES string of the molecule is COc1cc2c(cc1NC(=O)[C@H](C)Sc1ccccc1Cl)oc1ccccc12. The van der Waals surface area contributed by atoms with Crippen LogP contribution in [0.4, 0.5) is 5.69 Å². The molecule has 0 saturated carbocycles. The van der Waals surface area contributed by atoms with Gasteiger partial charge in [-0.15, -0.1) is 11.8 Å². The summed E-state index contributed by atoms with van der Waals surface area (Å²) >= 11 is 7.61. The number of thioether (sulfide) groups is 1. The minimum atomic E-state index is -0.337. The molecule has 0 aliphatic carbocycles. The van der Waals surface area contributed by atoms with Gasteiger partial charge in [-0.05, 0) is 31.2 Å². The van der Waals surface area contributed by atoms with Gasteiger partial charge in [0.15, 0.2) is 0 Å². The summed E-state index contributed by atoms with van der Waals surface area (Å²) in [5, 5.41) is 5.20. The fourth-order valence-electron chi connectivity index (χ4n) is 3.04. The lowest BCUT2D eigenvalue weighted by molar-refractivity contribution is -0.115. The summed E-state index contributed by atoms with van der Waals surface area (Å²) < 4.78 is 11.4. The molecule has 1 N–H and O–H groups in total. The minimum absolute atomic E-state index is 0.140. The third-order valence-electron chi connectivity index (χ3n) is 4.47. The number of benzene rings is 3. The quantitative estimate of drug-likeness (QED) is 0.388. The molecule has 1 atom stereocenters. The highest BCUT2D eigenvalue weighted by Gasteiger charge is 2.19. The Labute approximate surface area is 171 Å². The maximum absolute atomic E-state index is 12.7. The Bertz CT molecular complexity index is 1170. The van der Waals surface area contributed by atoms with E-state index in [0.29, 0.717) is 22.0 Å². The molecule has 3 aromatic carbocycles. The first-order valence-electron chi connectivity index (χ1n) is 8.78. The van der Waals surface area contributed by atoms with Crippen LogP contribution in [0.3, 0.4) is 0 Å². The molecule has 0 unspecified atom stereocenters. The maximum Gasteiger partial charge on any atom is 0.237 e. The van der Waals surface area contributed by atoms with Gasteiger partial charge in [-0.1, -0.05) is 41.9 Å². The molecule has 0 aliphatic rings. The number of fused-ring (bicyclic) bond motifs is 3. The number of furan rings is 1. The van der Waals surface area contributed by atoms with Gasteiger partial charge >= 0.3 is 0 Å². The van der Waals surface area contributed by atoms with Crippen molar-refractivity contribution in [3.63, 3.8) is 0 Å². The zero-order chi connectivity index (χ0) is 19.7. The van der Waals surface area contributed by atoms with Crippen LogP contribution in [0.5, 0.6) is 5.75 Å². The van der Waals surface area contributed by atoms with Crippen molar-refractivity contribution in [2.24, 2.45) is 0 Å².